The fourth-order valence-corrected chi connectivity index (χ4v) is 6.98. The van der Waals surface area contributed by atoms with Gasteiger partial charge in [-0.05, 0) is 48.0 Å². The molecule has 32 heavy (non-hydrogen) atoms. The molecular weight excluding hydrogens is 534 g/mol. The topological polar surface area (TPSA) is 40.6 Å². The lowest BCUT2D eigenvalue weighted by Gasteiger charge is -2.43. The lowest BCUT2D eigenvalue weighted by molar-refractivity contribution is 0.335. The first-order chi connectivity index (χ1) is 15.2. The van der Waals surface area contributed by atoms with Gasteiger partial charge in [0, 0.05) is 29.7 Å². The number of piperazine rings is 1. The summed E-state index contributed by atoms with van der Waals surface area (Å²) in [4.78, 5) is 1.98. The summed E-state index contributed by atoms with van der Waals surface area (Å²) >= 11 is 31.1. The Labute approximate surface area is 212 Å². The van der Waals surface area contributed by atoms with Crippen LogP contribution in [-0.2, 0) is 10.0 Å². The molecule has 1 aliphatic rings. The minimum absolute atomic E-state index is 0.0868. The third-order valence-electron chi connectivity index (χ3n) is 5.33. The summed E-state index contributed by atoms with van der Waals surface area (Å²) in [5.74, 6) is 0. The van der Waals surface area contributed by atoms with Gasteiger partial charge in [0.1, 0.15) is 4.90 Å². The van der Waals surface area contributed by atoms with Crippen molar-refractivity contribution in [3.8, 4) is 0 Å². The van der Waals surface area contributed by atoms with Crippen LogP contribution < -0.4 is 4.90 Å². The second-order valence-electron chi connectivity index (χ2n) is 7.27. The molecule has 1 saturated heterocycles. The first-order valence-electron chi connectivity index (χ1n) is 9.60. The van der Waals surface area contributed by atoms with E-state index in [2.05, 4.69) is 4.90 Å². The minimum atomic E-state index is -3.93. The van der Waals surface area contributed by atoms with Crippen molar-refractivity contribution in [1.29, 1.82) is 0 Å². The molecule has 1 unspecified atom stereocenters. The molecule has 0 aliphatic carbocycles. The quantitative estimate of drug-likeness (QED) is 0.345. The van der Waals surface area contributed by atoms with Crippen molar-refractivity contribution < 1.29 is 8.42 Å². The summed E-state index contributed by atoms with van der Waals surface area (Å²) in [6.45, 7) is 0.799. The SMILES string of the molecule is O=S(=O)(c1c(Cl)cccc1Cl)N1CCN(c2ccc(Cl)cc2Cl)C(c2ccc(Cl)cc2)C1. The first kappa shape index (κ1) is 24.0. The highest BCUT2D eigenvalue weighted by Crippen LogP contribution is 2.39. The number of halogens is 5. The zero-order valence-corrected chi connectivity index (χ0v) is 21.1. The van der Waals surface area contributed by atoms with Gasteiger partial charge < -0.3 is 4.90 Å². The third-order valence-corrected chi connectivity index (χ3v) is 8.94. The molecule has 1 atom stereocenters. The smallest absolute Gasteiger partial charge is 0.246 e. The second-order valence-corrected chi connectivity index (χ2v) is 11.2. The van der Waals surface area contributed by atoms with Crippen LogP contribution in [0.25, 0.3) is 0 Å². The van der Waals surface area contributed by atoms with E-state index in [0.29, 0.717) is 21.6 Å². The van der Waals surface area contributed by atoms with Crippen LogP contribution in [0.4, 0.5) is 5.69 Å². The largest absolute Gasteiger partial charge is 0.361 e. The summed E-state index contributed by atoms with van der Waals surface area (Å²) in [6, 6.07) is 16.9. The number of nitrogens with zero attached hydrogens (tertiary/aromatic N) is 2. The molecule has 3 aromatic carbocycles. The van der Waals surface area contributed by atoms with Gasteiger partial charge in [-0.3, -0.25) is 0 Å². The van der Waals surface area contributed by atoms with Crippen LogP contribution in [0.3, 0.4) is 0 Å². The van der Waals surface area contributed by atoms with E-state index in [0.717, 1.165) is 11.3 Å². The number of anilines is 1. The number of hydrogen-bond donors (Lipinski definition) is 0. The Balaban J connectivity index is 1.76. The molecule has 1 aliphatic heterocycles. The maximum absolute atomic E-state index is 13.5. The Morgan fingerprint density at radius 3 is 2.00 bits per heavy atom. The zero-order chi connectivity index (χ0) is 23.0. The minimum Gasteiger partial charge on any atom is -0.361 e. The maximum atomic E-state index is 13.5. The molecule has 0 bridgehead atoms. The van der Waals surface area contributed by atoms with Crippen LogP contribution in [0.15, 0.2) is 65.6 Å². The van der Waals surface area contributed by atoms with Crippen molar-refractivity contribution in [3.63, 3.8) is 0 Å². The van der Waals surface area contributed by atoms with E-state index in [1.165, 1.54) is 16.4 Å². The Morgan fingerprint density at radius 2 is 1.38 bits per heavy atom. The molecular formula is C22H17Cl5N2O2S. The van der Waals surface area contributed by atoms with Crippen molar-refractivity contribution in [3.05, 3.63) is 91.3 Å². The highest BCUT2D eigenvalue weighted by Gasteiger charge is 2.37. The summed E-state index contributed by atoms with van der Waals surface area (Å²) in [7, 11) is -3.93. The van der Waals surface area contributed by atoms with E-state index >= 15 is 0 Å². The van der Waals surface area contributed by atoms with E-state index in [1.54, 1.807) is 30.3 Å². The Kier molecular flexibility index (Phi) is 7.18. The monoisotopic (exact) mass is 548 g/mol. The maximum Gasteiger partial charge on any atom is 0.246 e. The van der Waals surface area contributed by atoms with Crippen LogP contribution in [0.2, 0.25) is 25.1 Å². The van der Waals surface area contributed by atoms with Crippen molar-refractivity contribution >= 4 is 73.7 Å². The molecule has 168 valence electrons. The molecule has 3 aromatic rings. The van der Waals surface area contributed by atoms with Crippen LogP contribution in [-0.4, -0.2) is 32.4 Å². The molecule has 0 spiro atoms. The van der Waals surface area contributed by atoms with Crippen molar-refractivity contribution in [2.24, 2.45) is 0 Å². The van der Waals surface area contributed by atoms with Gasteiger partial charge in [0.15, 0.2) is 0 Å². The van der Waals surface area contributed by atoms with Gasteiger partial charge >= 0.3 is 0 Å². The first-order valence-corrected chi connectivity index (χ1v) is 12.9. The summed E-state index contributed by atoms with van der Waals surface area (Å²) < 4.78 is 28.4. The highest BCUT2D eigenvalue weighted by molar-refractivity contribution is 7.89. The van der Waals surface area contributed by atoms with Crippen LogP contribution in [0, 0.1) is 0 Å². The molecule has 0 saturated carbocycles. The van der Waals surface area contributed by atoms with Gasteiger partial charge in [-0.2, -0.15) is 4.31 Å². The van der Waals surface area contributed by atoms with Gasteiger partial charge in [0.05, 0.1) is 26.8 Å². The van der Waals surface area contributed by atoms with E-state index in [-0.39, 0.29) is 34.1 Å². The lowest BCUT2D eigenvalue weighted by atomic mass is 10.0. The molecule has 1 fully saturated rings. The van der Waals surface area contributed by atoms with E-state index in [1.807, 2.05) is 18.2 Å². The second kappa shape index (κ2) is 9.59. The zero-order valence-electron chi connectivity index (χ0n) is 16.5. The number of sulfonamides is 1. The number of hydrogen-bond acceptors (Lipinski definition) is 3. The standard InChI is InChI=1S/C22H17Cl5N2O2S/c23-15-6-4-14(5-7-15)21-13-28(32(30,31)22-17(25)2-1-3-18(22)26)10-11-29(21)20-9-8-16(24)12-19(20)27/h1-9,12,21H,10-11,13H2. The Hall–Kier alpha value is -1.18. The fraction of sp³-hybridized carbons (Fsp3) is 0.182. The predicted octanol–water partition coefficient (Wildman–Crippen LogP) is 7.21. The molecule has 4 nitrogen and oxygen atoms in total. The third kappa shape index (κ3) is 4.71. The Bertz CT molecular complexity index is 1230. The number of benzene rings is 3. The highest BCUT2D eigenvalue weighted by atomic mass is 35.5. The van der Waals surface area contributed by atoms with E-state index in [4.69, 9.17) is 58.0 Å². The number of rotatable bonds is 4. The fourth-order valence-electron chi connectivity index (χ4n) is 3.81. The molecule has 10 heteroatoms. The van der Waals surface area contributed by atoms with Gasteiger partial charge in [-0.15, -0.1) is 0 Å². The van der Waals surface area contributed by atoms with Gasteiger partial charge in [0.25, 0.3) is 0 Å². The van der Waals surface area contributed by atoms with E-state index in [9.17, 15) is 8.42 Å². The van der Waals surface area contributed by atoms with Gasteiger partial charge in [-0.25, -0.2) is 8.42 Å². The summed E-state index contributed by atoms with van der Waals surface area (Å²) in [6.07, 6.45) is 0. The Morgan fingerprint density at radius 1 is 0.750 bits per heavy atom. The molecule has 0 radical (unpaired) electrons. The van der Waals surface area contributed by atoms with Crippen LogP contribution in [0.1, 0.15) is 11.6 Å². The summed E-state index contributed by atoms with van der Waals surface area (Å²) in [5.41, 5.74) is 1.66. The average molecular weight is 551 g/mol. The lowest BCUT2D eigenvalue weighted by Crippen LogP contribution is -2.50. The molecule has 0 N–H and O–H groups in total. The van der Waals surface area contributed by atoms with Crippen LogP contribution >= 0.6 is 58.0 Å². The average Bonchev–Trinajstić information content (AvgIpc) is 2.74. The van der Waals surface area contributed by atoms with Crippen molar-refractivity contribution in [2.45, 2.75) is 10.9 Å². The van der Waals surface area contributed by atoms with E-state index < -0.39 is 10.0 Å². The molecule has 0 aromatic heterocycles. The molecule has 0 amide bonds. The summed E-state index contributed by atoms with van der Waals surface area (Å²) in [5, 5.41) is 1.78. The van der Waals surface area contributed by atoms with Crippen molar-refractivity contribution in [1.82, 2.24) is 4.31 Å². The normalized spacial score (nSPS) is 17.5. The van der Waals surface area contributed by atoms with Gasteiger partial charge in [0.2, 0.25) is 10.0 Å². The van der Waals surface area contributed by atoms with Crippen LogP contribution in [0.5, 0.6) is 0 Å². The molecule has 4 rings (SSSR count). The van der Waals surface area contributed by atoms with Gasteiger partial charge in [-0.1, -0.05) is 76.2 Å². The predicted molar refractivity (Wildman–Crippen MR) is 133 cm³/mol. The molecule has 1 heterocycles. The van der Waals surface area contributed by atoms with Crippen molar-refractivity contribution in [2.75, 3.05) is 24.5 Å².